The second kappa shape index (κ2) is 5.65. The van der Waals surface area contributed by atoms with Gasteiger partial charge in [0.05, 0.1) is 10.9 Å². The summed E-state index contributed by atoms with van der Waals surface area (Å²) in [6, 6.07) is 10.9. The molecule has 0 fully saturated rings. The number of alkyl halides is 1. The predicted molar refractivity (Wildman–Crippen MR) is 72.9 cm³/mol. The monoisotopic (exact) mass is 260 g/mol. The summed E-state index contributed by atoms with van der Waals surface area (Å²) in [6.07, 6.45) is 3.16. The highest BCUT2D eigenvalue weighted by Gasteiger charge is 2.11. The summed E-state index contributed by atoms with van der Waals surface area (Å²) in [4.78, 5) is 15.9. The van der Waals surface area contributed by atoms with Crippen LogP contribution in [-0.4, -0.2) is 10.9 Å². The van der Waals surface area contributed by atoms with Gasteiger partial charge in [-0.2, -0.15) is 0 Å². The number of anilines is 1. The molecule has 0 radical (unpaired) electrons. The van der Waals surface area contributed by atoms with Gasteiger partial charge in [-0.3, -0.25) is 9.78 Å². The number of aromatic nitrogens is 1. The zero-order valence-corrected chi connectivity index (χ0v) is 10.7. The predicted octanol–water partition coefficient (Wildman–Crippen LogP) is 3.63. The lowest BCUT2D eigenvalue weighted by molar-refractivity contribution is 0.102. The van der Waals surface area contributed by atoms with Crippen LogP contribution in [0.2, 0.25) is 0 Å². The summed E-state index contributed by atoms with van der Waals surface area (Å²) in [5, 5.41) is 2.69. The van der Waals surface area contributed by atoms with Crippen molar-refractivity contribution in [3.63, 3.8) is 0 Å². The van der Waals surface area contributed by atoms with Gasteiger partial charge in [-0.05, 0) is 30.7 Å². The van der Waals surface area contributed by atoms with Crippen molar-refractivity contribution in [2.45, 2.75) is 12.3 Å². The minimum atomic E-state index is -0.187. The minimum Gasteiger partial charge on any atom is -0.322 e. The fourth-order valence-electron chi connectivity index (χ4n) is 1.65. The zero-order valence-electron chi connectivity index (χ0n) is 9.93. The highest BCUT2D eigenvalue weighted by molar-refractivity contribution is 6.21. The number of nitrogens with one attached hydrogen (secondary N) is 1. The van der Waals surface area contributed by atoms with Gasteiger partial charge in [-0.15, -0.1) is 11.6 Å². The van der Waals surface area contributed by atoms with Gasteiger partial charge in [0.25, 0.3) is 5.91 Å². The maximum Gasteiger partial charge on any atom is 0.257 e. The van der Waals surface area contributed by atoms with E-state index in [2.05, 4.69) is 10.3 Å². The molecule has 92 valence electrons. The van der Waals surface area contributed by atoms with Crippen LogP contribution in [0.4, 0.5) is 5.69 Å². The van der Waals surface area contributed by atoms with Crippen LogP contribution in [0.3, 0.4) is 0 Å². The van der Waals surface area contributed by atoms with E-state index in [1.165, 1.54) is 6.20 Å². The number of halogens is 1. The van der Waals surface area contributed by atoms with E-state index in [-0.39, 0.29) is 11.3 Å². The molecule has 1 unspecified atom stereocenters. The molecule has 0 aliphatic rings. The molecule has 3 nitrogen and oxygen atoms in total. The molecular weight excluding hydrogens is 248 g/mol. The van der Waals surface area contributed by atoms with Crippen molar-refractivity contribution in [2.75, 3.05) is 5.32 Å². The lowest BCUT2D eigenvalue weighted by atomic mass is 10.1. The van der Waals surface area contributed by atoms with Gasteiger partial charge < -0.3 is 5.32 Å². The number of para-hydroxylation sites is 1. The summed E-state index contributed by atoms with van der Waals surface area (Å²) in [7, 11) is 0. The molecule has 1 aromatic carbocycles. The summed E-state index contributed by atoms with van der Waals surface area (Å²) in [5.74, 6) is -0.187. The minimum absolute atomic E-state index is 0.157. The van der Waals surface area contributed by atoms with Gasteiger partial charge in [0.2, 0.25) is 0 Å². The van der Waals surface area contributed by atoms with Gasteiger partial charge in [0, 0.05) is 18.1 Å². The van der Waals surface area contributed by atoms with Gasteiger partial charge >= 0.3 is 0 Å². The first-order valence-corrected chi connectivity index (χ1v) is 6.06. The van der Waals surface area contributed by atoms with E-state index in [1.807, 2.05) is 31.2 Å². The third-order valence-electron chi connectivity index (χ3n) is 2.56. The number of amides is 1. The number of carbonyl (C=O) groups excluding carboxylic acids is 1. The van der Waals surface area contributed by atoms with Gasteiger partial charge in [-0.25, -0.2) is 0 Å². The van der Waals surface area contributed by atoms with E-state index >= 15 is 0 Å². The Labute approximate surface area is 111 Å². The molecule has 1 amide bonds. The number of hydrogen-bond donors (Lipinski definition) is 1. The highest BCUT2D eigenvalue weighted by atomic mass is 35.5. The molecule has 1 aromatic heterocycles. The van der Waals surface area contributed by atoms with Crippen LogP contribution < -0.4 is 5.32 Å². The number of nitrogens with zero attached hydrogens (tertiary/aromatic N) is 1. The Bertz CT molecular complexity index is 541. The first-order valence-electron chi connectivity index (χ1n) is 5.63. The summed E-state index contributed by atoms with van der Waals surface area (Å²) < 4.78 is 0. The van der Waals surface area contributed by atoms with Gasteiger partial charge in [0.1, 0.15) is 0 Å². The molecule has 0 bridgehead atoms. The maximum atomic E-state index is 12.0. The Morgan fingerprint density at radius 1 is 1.28 bits per heavy atom. The van der Waals surface area contributed by atoms with E-state index in [1.54, 1.807) is 18.3 Å². The number of rotatable bonds is 3. The zero-order chi connectivity index (χ0) is 13.0. The quantitative estimate of drug-likeness (QED) is 0.856. The molecule has 1 N–H and O–H groups in total. The topological polar surface area (TPSA) is 42.0 Å². The normalized spacial score (nSPS) is 11.9. The maximum absolute atomic E-state index is 12.0. The van der Waals surface area contributed by atoms with Crippen molar-refractivity contribution >= 4 is 23.2 Å². The Kier molecular flexibility index (Phi) is 3.95. The first-order chi connectivity index (χ1) is 8.68. The van der Waals surface area contributed by atoms with E-state index in [9.17, 15) is 4.79 Å². The summed E-state index contributed by atoms with van der Waals surface area (Å²) in [6.45, 7) is 1.87. The molecule has 4 heteroatoms. The number of carbonyl (C=O) groups is 1. The molecule has 0 saturated heterocycles. The molecule has 0 aliphatic carbocycles. The van der Waals surface area contributed by atoms with Crippen molar-refractivity contribution < 1.29 is 4.79 Å². The second-order valence-electron chi connectivity index (χ2n) is 3.90. The van der Waals surface area contributed by atoms with Crippen molar-refractivity contribution in [1.82, 2.24) is 4.98 Å². The van der Waals surface area contributed by atoms with Crippen LogP contribution in [0.5, 0.6) is 0 Å². The first kappa shape index (κ1) is 12.6. The number of hydrogen-bond acceptors (Lipinski definition) is 2. The standard InChI is InChI=1S/C14H13ClN2O/c1-10(15)12-6-2-3-7-13(12)17-14(18)11-5-4-8-16-9-11/h2-10H,1H3,(H,17,18). The number of pyridine rings is 1. The highest BCUT2D eigenvalue weighted by Crippen LogP contribution is 2.27. The lowest BCUT2D eigenvalue weighted by Gasteiger charge is -2.12. The summed E-state index contributed by atoms with van der Waals surface area (Å²) >= 11 is 6.07. The van der Waals surface area contributed by atoms with Crippen LogP contribution in [0.25, 0.3) is 0 Å². The largest absolute Gasteiger partial charge is 0.322 e. The molecule has 0 saturated carbocycles. The van der Waals surface area contributed by atoms with E-state index in [4.69, 9.17) is 11.6 Å². The molecule has 18 heavy (non-hydrogen) atoms. The molecule has 2 aromatic rings. The summed E-state index contributed by atoms with van der Waals surface area (Å²) in [5.41, 5.74) is 2.15. The van der Waals surface area contributed by atoms with Gasteiger partial charge in [-0.1, -0.05) is 18.2 Å². The van der Waals surface area contributed by atoms with Gasteiger partial charge in [0.15, 0.2) is 0 Å². The van der Waals surface area contributed by atoms with Crippen LogP contribution in [0, 0.1) is 0 Å². The van der Waals surface area contributed by atoms with Crippen LogP contribution in [-0.2, 0) is 0 Å². The molecule has 0 spiro atoms. The van der Waals surface area contributed by atoms with Crippen molar-refractivity contribution in [3.05, 3.63) is 59.9 Å². The Balaban J connectivity index is 2.22. The van der Waals surface area contributed by atoms with Crippen molar-refractivity contribution in [3.8, 4) is 0 Å². The average Bonchev–Trinajstić information content (AvgIpc) is 2.40. The van der Waals surface area contributed by atoms with Crippen LogP contribution in [0.15, 0.2) is 48.8 Å². The third-order valence-corrected chi connectivity index (χ3v) is 2.80. The van der Waals surface area contributed by atoms with Crippen LogP contribution >= 0.6 is 11.6 Å². The lowest BCUT2D eigenvalue weighted by Crippen LogP contribution is -2.13. The van der Waals surface area contributed by atoms with Crippen molar-refractivity contribution in [1.29, 1.82) is 0 Å². The fourth-order valence-corrected chi connectivity index (χ4v) is 1.84. The molecule has 2 rings (SSSR count). The fraction of sp³-hybridized carbons (Fsp3) is 0.143. The molecular formula is C14H13ClN2O. The smallest absolute Gasteiger partial charge is 0.257 e. The van der Waals surface area contributed by atoms with Crippen LogP contribution in [0.1, 0.15) is 28.2 Å². The van der Waals surface area contributed by atoms with E-state index in [0.29, 0.717) is 5.56 Å². The third kappa shape index (κ3) is 2.87. The number of benzene rings is 1. The molecule has 0 aliphatic heterocycles. The SMILES string of the molecule is CC(Cl)c1ccccc1NC(=O)c1cccnc1. The molecule has 1 atom stereocenters. The van der Waals surface area contributed by atoms with E-state index < -0.39 is 0 Å². The Hall–Kier alpha value is -1.87. The average molecular weight is 261 g/mol. The molecule has 1 heterocycles. The second-order valence-corrected chi connectivity index (χ2v) is 4.55. The van der Waals surface area contributed by atoms with E-state index in [0.717, 1.165) is 11.3 Å². The Morgan fingerprint density at radius 2 is 2.06 bits per heavy atom. The Morgan fingerprint density at radius 3 is 2.72 bits per heavy atom. The van der Waals surface area contributed by atoms with Crippen molar-refractivity contribution in [2.24, 2.45) is 0 Å².